The van der Waals surface area contributed by atoms with Gasteiger partial charge in [-0.25, -0.2) is 0 Å². The minimum atomic E-state index is 0.109. The van der Waals surface area contributed by atoms with E-state index in [4.69, 9.17) is 11.6 Å². The Balaban J connectivity index is 1.61. The molecule has 0 radical (unpaired) electrons. The third kappa shape index (κ3) is 4.59. The molecule has 1 aliphatic rings. The summed E-state index contributed by atoms with van der Waals surface area (Å²) in [5.41, 5.74) is 4.70. The molecule has 4 aromatic carbocycles. The highest BCUT2D eigenvalue weighted by Crippen LogP contribution is 2.48. The van der Waals surface area contributed by atoms with Crippen LogP contribution in [0.25, 0.3) is 0 Å². The van der Waals surface area contributed by atoms with E-state index in [-0.39, 0.29) is 17.9 Å². The number of aromatic hydroxyl groups is 1. The number of phenols is 1. The fourth-order valence-electron chi connectivity index (χ4n) is 5.16. The molecule has 1 saturated heterocycles. The van der Waals surface area contributed by atoms with Crippen molar-refractivity contribution < 1.29 is 5.11 Å². The van der Waals surface area contributed by atoms with Gasteiger partial charge in [0, 0.05) is 40.0 Å². The minimum Gasteiger partial charge on any atom is -0.508 e. The van der Waals surface area contributed by atoms with Gasteiger partial charge in [0.1, 0.15) is 5.75 Å². The monoisotopic (exact) mass is 517 g/mol. The number of hydrogen-bond donors (Lipinski definition) is 1. The van der Waals surface area contributed by atoms with Crippen molar-refractivity contribution >= 4 is 27.5 Å². The molecule has 0 aromatic heterocycles. The predicted molar refractivity (Wildman–Crippen MR) is 139 cm³/mol. The second kappa shape index (κ2) is 9.72. The molecule has 0 saturated carbocycles. The zero-order valence-electron chi connectivity index (χ0n) is 18.1. The number of phenolic OH excluding ortho intramolecular Hbond substituents is 1. The number of benzene rings is 4. The lowest BCUT2D eigenvalue weighted by atomic mass is 9.84. The first-order chi connectivity index (χ1) is 16.1. The number of hydrogen-bond acceptors (Lipinski definition) is 2. The van der Waals surface area contributed by atoms with E-state index in [9.17, 15) is 5.11 Å². The summed E-state index contributed by atoms with van der Waals surface area (Å²) in [6.45, 7) is 1.68. The van der Waals surface area contributed by atoms with Crippen molar-refractivity contribution in [3.63, 3.8) is 0 Å². The van der Waals surface area contributed by atoms with Crippen molar-refractivity contribution in [2.24, 2.45) is 0 Å². The zero-order chi connectivity index (χ0) is 22.8. The Morgan fingerprint density at radius 2 is 1.27 bits per heavy atom. The molecule has 166 valence electrons. The summed E-state index contributed by atoms with van der Waals surface area (Å²) in [7, 11) is 0. The van der Waals surface area contributed by atoms with Gasteiger partial charge < -0.3 is 5.11 Å². The first kappa shape index (κ1) is 22.2. The normalized spacial score (nSPS) is 18.6. The molecule has 4 heteroatoms. The van der Waals surface area contributed by atoms with Gasteiger partial charge in [-0.1, -0.05) is 106 Å². The van der Waals surface area contributed by atoms with Crippen molar-refractivity contribution in [2.45, 2.75) is 17.9 Å². The van der Waals surface area contributed by atoms with Crippen LogP contribution in [0.15, 0.2) is 108 Å². The first-order valence-corrected chi connectivity index (χ1v) is 12.4. The van der Waals surface area contributed by atoms with Crippen molar-refractivity contribution in [1.29, 1.82) is 0 Å². The van der Waals surface area contributed by atoms with Gasteiger partial charge in [0.15, 0.2) is 0 Å². The Kier molecular flexibility index (Phi) is 6.55. The van der Waals surface area contributed by atoms with E-state index in [2.05, 4.69) is 99.7 Å². The fourth-order valence-corrected chi connectivity index (χ4v) is 5.92. The molecular weight excluding hydrogens is 494 g/mol. The molecule has 5 rings (SSSR count). The Bertz CT molecular complexity index is 1190. The first-order valence-electron chi connectivity index (χ1n) is 11.2. The van der Waals surface area contributed by atoms with E-state index >= 15 is 0 Å². The summed E-state index contributed by atoms with van der Waals surface area (Å²) in [4.78, 5) is 2.54. The van der Waals surface area contributed by atoms with Gasteiger partial charge in [-0.15, -0.1) is 0 Å². The van der Waals surface area contributed by atoms with Crippen LogP contribution in [0.3, 0.4) is 0 Å². The lowest BCUT2D eigenvalue weighted by Crippen LogP contribution is -2.27. The molecule has 2 atom stereocenters. The van der Waals surface area contributed by atoms with E-state index in [1.165, 1.54) is 16.7 Å². The SMILES string of the molecule is Oc1ccc(Cl)cc1C1CN(C(c2ccccc2)c2ccccc2)C[C@@H]1c1ccccc1Br. The maximum atomic E-state index is 10.8. The smallest absolute Gasteiger partial charge is 0.119 e. The fraction of sp³-hybridized carbons (Fsp3) is 0.172. The molecule has 0 aliphatic carbocycles. The lowest BCUT2D eigenvalue weighted by Gasteiger charge is -2.29. The standard InChI is InChI=1S/C29H25BrClNO/c30-27-14-8-7-13-23(27)25-18-32(19-26(25)24-17-22(31)15-16-28(24)33)29(20-9-3-1-4-10-20)21-11-5-2-6-12-21/h1-17,25-26,29,33H,18-19H2/t25-,26?/m1/s1. The third-order valence-electron chi connectivity index (χ3n) is 6.64. The van der Waals surface area contributed by atoms with E-state index < -0.39 is 0 Å². The summed E-state index contributed by atoms with van der Waals surface area (Å²) < 4.78 is 1.10. The molecule has 0 bridgehead atoms. The molecule has 0 spiro atoms. The van der Waals surface area contributed by atoms with Crippen LogP contribution < -0.4 is 0 Å². The number of halogens is 2. The van der Waals surface area contributed by atoms with Crippen LogP contribution in [-0.2, 0) is 0 Å². The Labute approximate surface area is 208 Å². The van der Waals surface area contributed by atoms with Crippen LogP contribution in [0, 0.1) is 0 Å². The van der Waals surface area contributed by atoms with Crippen LogP contribution in [0.1, 0.15) is 40.1 Å². The average Bonchev–Trinajstić information content (AvgIpc) is 3.27. The topological polar surface area (TPSA) is 23.5 Å². The molecule has 33 heavy (non-hydrogen) atoms. The van der Waals surface area contributed by atoms with Crippen LogP contribution in [0.4, 0.5) is 0 Å². The highest BCUT2D eigenvalue weighted by molar-refractivity contribution is 9.10. The number of rotatable bonds is 5. The van der Waals surface area contributed by atoms with Crippen LogP contribution in [-0.4, -0.2) is 23.1 Å². The molecule has 1 aliphatic heterocycles. The van der Waals surface area contributed by atoms with Crippen molar-refractivity contribution in [3.05, 3.63) is 135 Å². The quantitative estimate of drug-likeness (QED) is 0.291. The average molecular weight is 519 g/mol. The summed E-state index contributed by atoms with van der Waals surface area (Å²) in [5, 5.41) is 11.4. The van der Waals surface area contributed by atoms with Crippen molar-refractivity contribution in [3.8, 4) is 5.75 Å². The minimum absolute atomic E-state index is 0.109. The Morgan fingerprint density at radius 3 is 1.88 bits per heavy atom. The van der Waals surface area contributed by atoms with Gasteiger partial charge in [-0.2, -0.15) is 0 Å². The van der Waals surface area contributed by atoms with E-state index in [1.807, 2.05) is 12.1 Å². The summed E-state index contributed by atoms with van der Waals surface area (Å²) >= 11 is 10.2. The zero-order valence-corrected chi connectivity index (χ0v) is 20.5. The second-order valence-electron chi connectivity index (χ2n) is 8.62. The highest BCUT2D eigenvalue weighted by Gasteiger charge is 2.40. The van der Waals surface area contributed by atoms with Crippen LogP contribution in [0.5, 0.6) is 5.75 Å². The summed E-state index contributed by atoms with van der Waals surface area (Å²) in [6.07, 6.45) is 0. The third-order valence-corrected chi connectivity index (χ3v) is 7.59. The Morgan fingerprint density at radius 1 is 0.727 bits per heavy atom. The molecular formula is C29H25BrClNO. The highest BCUT2D eigenvalue weighted by atomic mass is 79.9. The predicted octanol–water partition coefficient (Wildman–Crippen LogP) is 7.78. The Hall–Kier alpha value is -2.59. The van der Waals surface area contributed by atoms with Crippen LogP contribution in [0.2, 0.25) is 5.02 Å². The van der Waals surface area contributed by atoms with E-state index in [0.29, 0.717) is 10.8 Å². The van der Waals surface area contributed by atoms with Gasteiger partial charge in [-0.05, 0) is 41.0 Å². The molecule has 0 amide bonds. The van der Waals surface area contributed by atoms with E-state index in [1.54, 1.807) is 12.1 Å². The van der Waals surface area contributed by atoms with E-state index in [0.717, 1.165) is 23.1 Å². The molecule has 4 aromatic rings. The van der Waals surface area contributed by atoms with Gasteiger partial charge in [0.25, 0.3) is 0 Å². The largest absolute Gasteiger partial charge is 0.508 e. The second-order valence-corrected chi connectivity index (χ2v) is 9.91. The molecule has 1 heterocycles. The molecule has 1 N–H and O–H groups in total. The van der Waals surface area contributed by atoms with Crippen LogP contribution >= 0.6 is 27.5 Å². The molecule has 1 fully saturated rings. The number of likely N-dealkylation sites (tertiary alicyclic amines) is 1. The lowest BCUT2D eigenvalue weighted by molar-refractivity contribution is 0.274. The number of nitrogens with zero attached hydrogens (tertiary/aromatic N) is 1. The summed E-state index contributed by atoms with van der Waals surface area (Å²) in [6, 6.07) is 35.3. The molecule has 1 unspecified atom stereocenters. The summed E-state index contributed by atoms with van der Waals surface area (Å²) in [5.74, 6) is 0.622. The maximum Gasteiger partial charge on any atom is 0.119 e. The van der Waals surface area contributed by atoms with Gasteiger partial charge in [0.2, 0.25) is 0 Å². The van der Waals surface area contributed by atoms with Gasteiger partial charge in [-0.3, -0.25) is 4.90 Å². The maximum absolute atomic E-state index is 10.8. The van der Waals surface area contributed by atoms with Crippen molar-refractivity contribution in [1.82, 2.24) is 4.90 Å². The molecule has 2 nitrogen and oxygen atoms in total. The van der Waals surface area contributed by atoms with Gasteiger partial charge in [0.05, 0.1) is 6.04 Å². The van der Waals surface area contributed by atoms with Crippen molar-refractivity contribution in [2.75, 3.05) is 13.1 Å². The van der Waals surface area contributed by atoms with Gasteiger partial charge >= 0.3 is 0 Å².